The molecule has 4 nitrogen and oxygen atoms in total. The second kappa shape index (κ2) is 7.99. The number of amides is 1. The van der Waals surface area contributed by atoms with Gasteiger partial charge in [0.25, 0.3) is 11.7 Å². The molecule has 1 fully saturated rings. The van der Waals surface area contributed by atoms with Crippen molar-refractivity contribution in [1.82, 2.24) is 0 Å². The fourth-order valence-corrected chi connectivity index (χ4v) is 3.92. The molecule has 1 aliphatic heterocycles. The third-order valence-electron chi connectivity index (χ3n) is 5.57. The fourth-order valence-electron chi connectivity index (χ4n) is 3.92. The molecular weight excluding hydrogens is 374 g/mol. The number of carbonyl (C=O) groups is 2. The zero-order chi connectivity index (χ0) is 21.3. The van der Waals surface area contributed by atoms with Gasteiger partial charge >= 0.3 is 0 Å². The first-order valence-electron chi connectivity index (χ1n) is 10.0. The Balaban J connectivity index is 1.93. The average Bonchev–Trinajstić information content (AvgIpc) is 3.05. The standard InChI is InChI=1S/C26H23NO3/c1-3-18-13-15-20(16-14-18)24(28)22-23(19-10-5-4-6-11-19)27(26(30)25(22)29)21-12-8-7-9-17(21)2/h4-16,23,28H,3H2,1-2H3/b24-22+. The summed E-state index contributed by atoms with van der Waals surface area (Å²) in [7, 11) is 0. The predicted molar refractivity (Wildman–Crippen MR) is 118 cm³/mol. The van der Waals surface area contributed by atoms with Crippen LogP contribution in [0.3, 0.4) is 0 Å². The van der Waals surface area contributed by atoms with E-state index in [1.807, 2.05) is 73.7 Å². The van der Waals surface area contributed by atoms with Crippen LogP contribution < -0.4 is 4.90 Å². The SMILES string of the molecule is CCc1ccc(/C(O)=C2\C(=O)C(=O)N(c3ccccc3C)C2c2ccccc2)cc1. The topological polar surface area (TPSA) is 57.6 Å². The van der Waals surface area contributed by atoms with E-state index in [2.05, 4.69) is 6.92 Å². The van der Waals surface area contributed by atoms with Gasteiger partial charge in [-0.2, -0.15) is 0 Å². The quantitative estimate of drug-likeness (QED) is 0.375. The lowest BCUT2D eigenvalue weighted by atomic mass is 9.94. The summed E-state index contributed by atoms with van der Waals surface area (Å²) in [6, 6.07) is 23.5. The van der Waals surface area contributed by atoms with Crippen molar-refractivity contribution in [2.75, 3.05) is 4.90 Å². The van der Waals surface area contributed by atoms with Gasteiger partial charge < -0.3 is 5.11 Å². The van der Waals surface area contributed by atoms with Crippen molar-refractivity contribution < 1.29 is 14.7 Å². The van der Waals surface area contributed by atoms with E-state index in [1.54, 1.807) is 12.1 Å². The molecule has 150 valence electrons. The van der Waals surface area contributed by atoms with Gasteiger partial charge in [-0.05, 0) is 36.1 Å². The fraction of sp³-hybridized carbons (Fsp3) is 0.154. The second-order valence-corrected chi connectivity index (χ2v) is 7.42. The van der Waals surface area contributed by atoms with Crippen LogP contribution >= 0.6 is 0 Å². The van der Waals surface area contributed by atoms with Crippen molar-refractivity contribution in [3.05, 3.63) is 107 Å². The molecule has 4 rings (SSSR count). The zero-order valence-corrected chi connectivity index (χ0v) is 17.0. The molecule has 1 amide bonds. The van der Waals surface area contributed by atoms with Gasteiger partial charge in [-0.1, -0.05) is 79.7 Å². The van der Waals surface area contributed by atoms with E-state index in [9.17, 15) is 14.7 Å². The summed E-state index contributed by atoms with van der Waals surface area (Å²) in [6.07, 6.45) is 0.878. The highest BCUT2D eigenvalue weighted by Crippen LogP contribution is 2.42. The van der Waals surface area contributed by atoms with Crippen molar-refractivity contribution in [3.63, 3.8) is 0 Å². The summed E-state index contributed by atoms with van der Waals surface area (Å²) in [4.78, 5) is 27.7. The first-order valence-corrected chi connectivity index (χ1v) is 10.0. The first-order chi connectivity index (χ1) is 14.5. The molecule has 1 saturated heterocycles. The number of Topliss-reactive ketones (excluding diaryl/α,β-unsaturated/α-hetero) is 1. The van der Waals surface area contributed by atoms with Gasteiger partial charge in [0, 0.05) is 11.3 Å². The van der Waals surface area contributed by atoms with Gasteiger partial charge in [0.2, 0.25) is 0 Å². The molecule has 0 radical (unpaired) electrons. The van der Waals surface area contributed by atoms with E-state index in [-0.39, 0.29) is 11.3 Å². The Bertz CT molecular complexity index is 1130. The Morgan fingerprint density at radius 2 is 1.53 bits per heavy atom. The van der Waals surface area contributed by atoms with Crippen molar-refractivity contribution in [1.29, 1.82) is 0 Å². The molecule has 1 atom stereocenters. The van der Waals surface area contributed by atoms with Crippen LogP contribution in [0.4, 0.5) is 5.69 Å². The summed E-state index contributed by atoms with van der Waals surface area (Å²) < 4.78 is 0. The summed E-state index contributed by atoms with van der Waals surface area (Å²) in [5.74, 6) is -1.46. The van der Waals surface area contributed by atoms with Crippen LogP contribution in [0.25, 0.3) is 5.76 Å². The molecule has 1 unspecified atom stereocenters. The Hall–Kier alpha value is -3.66. The predicted octanol–water partition coefficient (Wildman–Crippen LogP) is 5.18. The highest BCUT2D eigenvalue weighted by Gasteiger charge is 2.47. The molecule has 0 aliphatic carbocycles. The summed E-state index contributed by atoms with van der Waals surface area (Å²) in [6.45, 7) is 3.96. The number of hydrogen-bond donors (Lipinski definition) is 1. The van der Waals surface area contributed by atoms with Gasteiger partial charge in [0.05, 0.1) is 11.6 Å². The Morgan fingerprint density at radius 3 is 2.17 bits per heavy atom. The number of aliphatic hydroxyl groups is 1. The lowest BCUT2D eigenvalue weighted by Crippen LogP contribution is -2.30. The van der Waals surface area contributed by atoms with Crippen LogP contribution in [0.5, 0.6) is 0 Å². The van der Waals surface area contributed by atoms with E-state index in [0.717, 1.165) is 23.1 Å². The van der Waals surface area contributed by atoms with Crippen LogP contribution in [0.2, 0.25) is 0 Å². The Labute approximate surface area is 176 Å². The van der Waals surface area contributed by atoms with Crippen LogP contribution in [0.15, 0.2) is 84.4 Å². The normalized spacial score (nSPS) is 18.1. The van der Waals surface area contributed by atoms with Gasteiger partial charge in [-0.3, -0.25) is 14.5 Å². The van der Waals surface area contributed by atoms with Crippen LogP contribution in [-0.2, 0) is 16.0 Å². The number of rotatable bonds is 4. The number of nitrogens with zero attached hydrogens (tertiary/aromatic N) is 1. The van der Waals surface area contributed by atoms with Crippen molar-refractivity contribution in [3.8, 4) is 0 Å². The maximum absolute atomic E-state index is 13.1. The molecule has 4 heteroatoms. The van der Waals surface area contributed by atoms with Gasteiger partial charge in [0.1, 0.15) is 5.76 Å². The average molecular weight is 397 g/mol. The van der Waals surface area contributed by atoms with Crippen LogP contribution in [0.1, 0.15) is 35.2 Å². The minimum atomic E-state index is -0.696. The van der Waals surface area contributed by atoms with E-state index >= 15 is 0 Å². The number of para-hydroxylation sites is 1. The molecule has 30 heavy (non-hydrogen) atoms. The minimum absolute atomic E-state index is 0.110. The van der Waals surface area contributed by atoms with E-state index in [1.165, 1.54) is 4.90 Å². The number of hydrogen-bond acceptors (Lipinski definition) is 3. The van der Waals surface area contributed by atoms with E-state index in [0.29, 0.717) is 11.3 Å². The Morgan fingerprint density at radius 1 is 0.900 bits per heavy atom. The zero-order valence-electron chi connectivity index (χ0n) is 17.0. The van der Waals surface area contributed by atoms with Gasteiger partial charge in [0.15, 0.2) is 0 Å². The highest BCUT2D eigenvalue weighted by molar-refractivity contribution is 6.51. The van der Waals surface area contributed by atoms with E-state index in [4.69, 9.17) is 0 Å². The number of aryl methyl sites for hydroxylation is 2. The molecule has 3 aromatic carbocycles. The number of aliphatic hydroxyl groups excluding tert-OH is 1. The lowest BCUT2D eigenvalue weighted by Gasteiger charge is -2.26. The van der Waals surface area contributed by atoms with Crippen molar-refractivity contribution >= 4 is 23.1 Å². The molecule has 0 saturated carbocycles. The smallest absolute Gasteiger partial charge is 0.300 e. The number of ketones is 1. The molecule has 3 aromatic rings. The molecule has 0 spiro atoms. The third-order valence-corrected chi connectivity index (χ3v) is 5.57. The minimum Gasteiger partial charge on any atom is -0.507 e. The number of carbonyl (C=O) groups excluding carboxylic acids is 2. The van der Waals surface area contributed by atoms with E-state index < -0.39 is 17.7 Å². The summed E-state index contributed by atoms with van der Waals surface area (Å²) in [5.41, 5.74) is 4.08. The van der Waals surface area contributed by atoms with Crippen LogP contribution in [0, 0.1) is 6.92 Å². The molecule has 1 N–H and O–H groups in total. The van der Waals surface area contributed by atoms with Gasteiger partial charge in [-0.15, -0.1) is 0 Å². The molecule has 1 heterocycles. The lowest BCUT2D eigenvalue weighted by molar-refractivity contribution is -0.132. The summed E-state index contributed by atoms with van der Waals surface area (Å²) in [5, 5.41) is 11.1. The van der Waals surface area contributed by atoms with Crippen molar-refractivity contribution in [2.45, 2.75) is 26.3 Å². The molecule has 0 bridgehead atoms. The molecule has 1 aliphatic rings. The molecular formula is C26H23NO3. The maximum Gasteiger partial charge on any atom is 0.300 e. The monoisotopic (exact) mass is 397 g/mol. The maximum atomic E-state index is 13.1. The summed E-state index contributed by atoms with van der Waals surface area (Å²) >= 11 is 0. The molecule has 0 aromatic heterocycles. The third kappa shape index (κ3) is 3.30. The highest BCUT2D eigenvalue weighted by atomic mass is 16.3. The second-order valence-electron chi connectivity index (χ2n) is 7.42. The Kier molecular flexibility index (Phi) is 5.23. The van der Waals surface area contributed by atoms with Crippen LogP contribution in [-0.4, -0.2) is 16.8 Å². The van der Waals surface area contributed by atoms with Crippen molar-refractivity contribution in [2.24, 2.45) is 0 Å². The number of anilines is 1. The first kappa shape index (κ1) is 19.6. The number of benzene rings is 3. The largest absolute Gasteiger partial charge is 0.507 e. The van der Waals surface area contributed by atoms with Gasteiger partial charge in [-0.25, -0.2) is 0 Å².